The Labute approximate surface area is 104 Å². The Bertz CT molecular complexity index is 636. The van der Waals surface area contributed by atoms with Crippen molar-refractivity contribution in [3.05, 3.63) is 24.3 Å². The normalized spacial score (nSPS) is 12.1. The molecule has 0 N–H and O–H groups in total. The maximum absolute atomic E-state index is 11.2. The zero-order chi connectivity index (χ0) is 12.5. The van der Waals surface area contributed by atoms with Crippen LogP contribution in [0.3, 0.4) is 0 Å². The van der Waals surface area contributed by atoms with Crippen LogP contribution >= 0.6 is 11.6 Å². The largest absolute Gasteiger partial charge is 0.326 e. The zero-order valence-electron chi connectivity index (χ0n) is 9.30. The van der Waals surface area contributed by atoms with Gasteiger partial charge in [0, 0.05) is 19.0 Å². The monoisotopic (exact) mass is 273 g/mol. The number of alkyl halides is 1. The summed E-state index contributed by atoms with van der Waals surface area (Å²) in [5.74, 6) is 0.988. The average Bonchev–Trinajstić information content (AvgIpc) is 2.63. The van der Waals surface area contributed by atoms with E-state index in [-0.39, 0.29) is 11.6 Å². The van der Waals surface area contributed by atoms with Crippen LogP contribution in [0, 0.1) is 0 Å². The molecule has 0 aliphatic carbocycles. The standard InChI is InChI=1S/C10H12ClN3O2S/c1-17(15,16)5-4-14-9-2-3-12-7-8(9)13-10(14)6-11/h2-3,7H,4-6H2,1H3. The van der Waals surface area contributed by atoms with Crippen LogP contribution in [0.4, 0.5) is 0 Å². The number of hydrogen-bond donors (Lipinski definition) is 0. The van der Waals surface area contributed by atoms with E-state index >= 15 is 0 Å². The minimum atomic E-state index is -3.00. The fourth-order valence-electron chi connectivity index (χ4n) is 1.64. The Balaban J connectivity index is 2.43. The quantitative estimate of drug-likeness (QED) is 0.786. The number of aryl methyl sites for hydroxylation is 1. The fourth-order valence-corrected chi connectivity index (χ4v) is 2.36. The first-order valence-electron chi connectivity index (χ1n) is 5.04. The summed E-state index contributed by atoms with van der Waals surface area (Å²) in [7, 11) is -3.00. The lowest BCUT2D eigenvalue weighted by atomic mass is 10.4. The molecule has 0 unspecified atom stereocenters. The van der Waals surface area contributed by atoms with Crippen LogP contribution < -0.4 is 0 Å². The third-order valence-electron chi connectivity index (χ3n) is 2.43. The van der Waals surface area contributed by atoms with Gasteiger partial charge >= 0.3 is 0 Å². The molecule has 0 radical (unpaired) electrons. The van der Waals surface area contributed by atoms with Gasteiger partial charge in [-0.1, -0.05) is 0 Å². The molecule has 2 rings (SSSR count). The Hall–Kier alpha value is -1.14. The number of fused-ring (bicyclic) bond motifs is 1. The summed E-state index contributed by atoms with van der Waals surface area (Å²) in [4.78, 5) is 8.28. The molecule has 0 aromatic carbocycles. The van der Waals surface area contributed by atoms with Gasteiger partial charge in [-0.3, -0.25) is 4.98 Å². The van der Waals surface area contributed by atoms with Crippen LogP contribution in [-0.4, -0.2) is 35.0 Å². The molecule has 0 saturated heterocycles. The van der Waals surface area contributed by atoms with Crippen molar-refractivity contribution in [1.29, 1.82) is 0 Å². The molecule has 0 spiro atoms. The van der Waals surface area contributed by atoms with Crippen LogP contribution in [0.5, 0.6) is 0 Å². The smallest absolute Gasteiger partial charge is 0.149 e. The molecule has 0 aliphatic heterocycles. The number of imidazole rings is 1. The van der Waals surface area contributed by atoms with E-state index in [1.54, 1.807) is 18.5 Å². The molecule has 0 saturated carbocycles. The first-order valence-corrected chi connectivity index (χ1v) is 7.63. The Morgan fingerprint density at radius 2 is 2.24 bits per heavy atom. The van der Waals surface area contributed by atoms with Crippen molar-refractivity contribution in [2.45, 2.75) is 12.4 Å². The fraction of sp³-hybridized carbons (Fsp3) is 0.400. The van der Waals surface area contributed by atoms with E-state index in [2.05, 4.69) is 9.97 Å². The van der Waals surface area contributed by atoms with Crippen molar-refractivity contribution in [3.8, 4) is 0 Å². The first kappa shape index (κ1) is 12.3. The Kier molecular flexibility index (Phi) is 3.35. The van der Waals surface area contributed by atoms with Crippen LogP contribution in [0.2, 0.25) is 0 Å². The van der Waals surface area contributed by atoms with Crippen molar-refractivity contribution in [2.24, 2.45) is 0 Å². The Morgan fingerprint density at radius 1 is 1.47 bits per heavy atom. The van der Waals surface area contributed by atoms with Crippen LogP contribution in [-0.2, 0) is 22.3 Å². The molecule has 2 aromatic heterocycles. The summed E-state index contributed by atoms with van der Waals surface area (Å²) in [5, 5.41) is 0. The van der Waals surface area contributed by atoms with Gasteiger partial charge in [0.15, 0.2) is 0 Å². The zero-order valence-corrected chi connectivity index (χ0v) is 10.9. The molecule has 0 aliphatic rings. The summed E-state index contributed by atoms with van der Waals surface area (Å²) in [5.41, 5.74) is 1.59. The predicted molar refractivity (Wildman–Crippen MR) is 66.8 cm³/mol. The molecule has 2 heterocycles. The van der Waals surface area contributed by atoms with Gasteiger partial charge in [-0.05, 0) is 6.07 Å². The minimum absolute atomic E-state index is 0.0741. The highest BCUT2D eigenvalue weighted by Crippen LogP contribution is 2.16. The van der Waals surface area contributed by atoms with Crippen LogP contribution in [0.15, 0.2) is 18.5 Å². The number of pyridine rings is 1. The van der Waals surface area contributed by atoms with E-state index in [1.807, 2.05) is 4.57 Å². The van der Waals surface area contributed by atoms with E-state index in [4.69, 9.17) is 11.6 Å². The van der Waals surface area contributed by atoms with Gasteiger partial charge in [0.05, 0.1) is 23.3 Å². The number of nitrogens with zero attached hydrogens (tertiary/aromatic N) is 3. The lowest BCUT2D eigenvalue weighted by molar-refractivity contribution is 0.594. The van der Waals surface area contributed by atoms with Gasteiger partial charge < -0.3 is 4.57 Å². The number of sulfone groups is 1. The molecule has 7 heteroatoms. The highest BCUT2D eigenvalue weighted by molar-refractivity contribution is 7.90. The number of rotatable bonds is 4. The van der Waals surface area contributed by atoms with Gasteiger partial charge in [-0.2, -0.15) is 0 Å². The molecule has 2 aromatic rings. The van der Waals surface area contributed by atoms with E-state index in [0.29, 0.717) is 12.4 Å². The minimum Gasteiger partial charge on any atom is -0.326 e. The lowest BCUT2D eigenvalue weighted by Gasteiger charge is -2.06. The third-order valence-corrected chi connectivity index (χ3v) is 3.60. The molecular weight excluding hydrogens is 262 g/mol. The lowest BCUT2D eigenvalue weighted by Crippen LogP contribution is -2.12. The second-order valence-corrected chi connectivity index (χ2v) is 6.33. The molecule has 0 fully saturated rings. The predicted octanol–water partition coefficient (Wildman–Crippen LogP) is 1.21. The van der Waals surface area contributed by atoms with Gasteiger partial charge in [0.25, 0.3) is 0 Å². The van der Waals surface area contributed by atoms with Crippen molar-refractivity contribution in [3.63, 3.8) is 0 Å². The molecule has 92 valence electrons. The van der Waals surface area contributed by atoms with E-state index < -0.39 is 9.84 Å². The molecule has 0 bridgehead atoms. The summed E-state index contributed by atoms with van der Waals surface area (Å²) < 4.78 is 24.2. The highest BCUT2D eigenvalue weighted by atomic mass is 35.5. The summed E-state index contributed by atoms with van der Waals surface area (Å²) in [6.45, 7) is 0.362. The van der Waals surface area contributed by atoms with Crippen molar-refractivity contribution in [1.82, 2.24) is 14.5 Å². The number of hydrogen-bond acceptors (Lipinski definition) is 4. The van der Waals surface area contributed by atoms with Crippen LogP contribution in [0.1, 0.15) is 5.82 Å². The second kappa shape index (κ2) is 4.62. The highest BCUT2D eigenvalue weighted by Gasteiger charge is 2.11. The number of halogens is 1. The van der Waals surface area contributed by atoms with E-state index in [1.165, 1.54) is 6.26 Å². The van der Waals surface area contributed by atoms with E-state index in [9.17, 15) is 8.42 Å². The first-order chi connectivity index (χ1) is 8.01. The SMILES string of the molecule is CS(=O)(=O)CCn1c(CCl)nc2cnccc21. The van der Waals surface area contributed by atoms with Gasteiger partial charge in [-0.15, -0.1) is 11.6 Å². The topological polar surface area (TPSA) is 64.8 Å². The maximum atomic E-state index is 11.2. The summed E-state index contributed by atoms with van der Waals surface area (Å²) in [6.07, 6.45) is 4.51. The molecular formula is C10H12ClN3O2S. The number of aromatic nitrogens is 3. The van der Waals surface area contributed by atoms with Crippen molar-refractivity contribution < 1.29 is 8.42 Å². The second-order valence-electron chi connectivity index (χ2n) is 3.81. The van der Waals surface area contributed by atoms with Crippen molar-refractivity contribution in [2.75, 3.05) is 12.0 Å². The third kappa shape index (κ3) is 2.76. The molecule has 0 atom stereocenters. The van der Waals surface area contributed by atoms with Gasteiger partial charge in [-0.25, -0.2) is 13.4 Å². The van der Waals surface area contributed by atoms with Gasteiger partial charge in [0.2, 0.25) is 0 Å². The Morgan fingerprint density at radius 3 is 2.88 bits per heavy atom. The maximum Gasteiger partial charge on any atom is 0.149 e. The van der Waals surface area contributed by atoms with Crippen molar-refractivity contribution >= 4 is 32.5 Å². The molecule has 5 nitrogen and oxygen atoms in total. The average molecular weight is 274 g/mol. The summed E-state index contributed by atoms with van der Waals surface area (Å²) in [6, 6.07) is 1.81. The van der Waals surface area contributed by atoms with E-state index in [0.717, 1.165) is 11.0 Å². The molecule has 0 amide bonds. The van der Waals surface area contributed by atoms with Crippen LogP contribution in [0.25, 0.3) is 11.0 Å². The van der Waals surface area contributed by atoms with Gasteiger partial charge in [0.1, 0.15) is 21.2 Å². The summed E-state index contributed by atoms with van der Waals surface area (Å²) >= 11 is 5.80. The molecule has 17 heavy (non-hydrogen) atoms.